The second-order valence-corrected chi connectivity index (χ2v) is 18.3. The predicted molar refractivity (Wildman–Crippen MR) is 232 cm³/mol. The summed E-state index contributed by atoms with van der Waals surface area (Å²) in [6.45, 7) is 0.226. The van der Waals surface area contributed by atoms with E-state index in [1.165, 1.54) is 11.3 Å². The van der Waals surface area contributed by atoms with Crippen LogP contribution in [0.3, 0.4) is 0 Å². The van der Waals surface area contributed by atoms with Gasteiger partial charge in [-0.3, -0.25) is 14.3 Å². The monoisotopic (exact) mass is 935 g/mol. The zero-order valence-corrected chi connectivity index (χ0v) is 35.8. The molecule has 1 saturated carbocycles. The smallest absolute Gasteiger partial charge is 0.348 e. The molecule has 11 nitrogen and oxygen atoms in total. The fraction of sp³-hybridized carbons (Fsp3) is 0.292. The third-order valence-electron chi connectivity index (χ3n) is 13.0. The summed E-state index contributed by atoms with van der Waals surface area (Å²) in [5.74, 6) is -2.11. The third kappa shape index (κ3) is 7.80. The molecule has 3 aromatic carbocycles. The maximum atomic E-state index is 15.7. The van der Waals surface area contributed by atoms with Gasteiger partial charge in [0.2, 0.25) is 5.91 Å². The maximum Gasteiger partial charge on any atom is 0.435 e. The number of amides is 2. The normalized spacial score (nSPS) is 19.6. The van der Waals surface area contributed by atoms with Gasteiger partial charge in [-0.15, -0.1) is 11.3 Å². The minimum Gasteiger partial charge on any atom is -0.348 e. The molecule has 4 aliphatic rings. The molecule has 2 amide bonds. The number of nitrogens with zero attached hydrogens (tertiary/aromatic N) is 5. The summed E-state index contributed by atoms with van der Waals surface area (Å²) >= 11 is 1.22. The van der Waals surface area contributed by atoms with Crippen molar-refractivity contribution in [3.05, 3.63) is 140 Å². The summed E-state index contributed by atoms with van der Waals surface area (Å²) in [7, 11) is 0. The van der Waals surface area contributed by atoms with Crippen molar-refractivity contribution in [1.82, 2.24) is 45.7 Å². The molecular formula is C48H36F7N9O2S. The number of pyridine rings is 1. The minimum atomic E-state index is -5.06. The lowest BCUT2D eigenvalue weighted by molar-refractivity contribution is -0.144. The Balaban J connectivity index is 0.962. The largest absolute Gasteiger partial charge is 0.435 e. The standard InChI is InChI=1S/C48H36F7N9O2S/c49-28-14-24(15-29(50)18-28)16-35(59-38(65)22-64-43-40(42(63-64)48(53,54)55)30-10-11-33(30)47(43,51)52)41-31(26-8-9-27-20-58-46(66)32(27)17-26)19-37-45(62-41)61-39(67-37)12-5-23-3-6-25(7-4-23)36-21-57-44(60-36)34-2-1-13-56-34/h3-4,6-9,14-15,17-19,21,30,33-35,56H,1-2,10-11,13,16,20,22H2,(H,57,60)(H,58,66)(H,59,65)/t30-,33+,34?,35-/m0/s1. The Kier molecular flexibility index (Phi) is 10.3. The molecule has 0 bridgehead atoms. The SMILES string of the molecule is O=C(Cn1nc(C(F)(F)F)c2c1C(F)(F)[C@@H]1CC[C@H]21)N[C@@H](Cc1cc(F)cc(F)c1)c1nc2nc(C#Cc3ccc(-c4c[nH]c(C5CCCN5)n4)cc3)sc2cc1-c1ccc2c(c1)C(=O)NC2. The highest BCUT2D eigenvalue weighted by Gasteiger charge is 2.63. The molecule has 340 valence electrons. The quantitative estimate of drug-likeness (QED) is 0.0837. The highest BCUT2D eigenvalue weighted by Crippen LogP contribution is 2.64. The van der Waals surface area contributed by atoms with Crippen LogP contribution in [0, 0.1) is 29.4 Å². The van der Waals surface area contributed by atoms with Gasteiger partial charge in [0.05, 0.1) is 28.2 Å². The van der Waals surface area contributed by atoms with Crippen LogP contribution in [-0.4, -0.2) is 48.1 Å². The van der Waals surface area contributed by atoms with E-state index in [1.807, 2.05) is 30.5 Å². The minimum absolute atomic E-state index is 0.0201. The Labute approximate surface area is 380 Å². The number of hydrogen-bond donors (Lipinski definition) is 4. The van der Waals surface area contributed by atoms with Gasteiger partial charge in [0.25, 0.3) is 11.8 Å². The van der Waals surface area contributed by atoms with Gasteiger partial charge in [-0.1, -0.05) is 30.2 Å². The molecule has 6 heterocycles. The molecule has 4 aromatic heterocycles. The topological polar surface area (TPSA) is 143 Å². The van der Waals surface area contributed by atoms with Crippen molar-refractivity contribution in [2.24, 2.45) is 5.92 Å². The van der Waals surface area contributed by atoms with E-state index in [4.69, 9.17) is 9.97 Å². The van der Waals surface area contributed by atoms with Gasteiger partial charge in [0, 0.05) is 52.5 Å². The molecule has 1 saturated heterocycles. The third-order valence-corrected chi connectivity index (χ3v) is 13.9. The van der Waals surface area contributed by atoms with Crippen molar-refractivity contribution in [2.75, 3.05) is 6.54 Å². The van der Waals surface area contributed by atoms with E-state index in [1.54, 1.807) is 24.3 Å². The second kappa shape index (κ2) is 16.2. The first-order valence-corrected chi connectivity index (χ1v) is 22.4. The Bertz CT molecular complexity index is 3200. The van der Waals surface area contributed by atoms with E-state index in [0.29, 0.717) is 49.3 Å². The molecule has 2 fully saturated rings. The van der Waals surface area contributed by atoms with Crippen LogP contribution in [0.25, 0.3) is 32.7 Å². The van der Waals surface area contributed by atoms with Crippen molar-refractivity contribution in [3.63, 3.8) is 0 Å². The number of imidazole rings is 1. The number of fused-ring (bicyclic) bond motifs is 5. The summed E-state index contributed by atoms with van der Waals surface area (Å²) in [5, 5.41) is 12.8. The average molecular weight is 936 g/mol. The fourth-order valence-electron chi connectivity index (χ4n) is 9.75. The molecule has 0 spiro atoms. The molecular weight excluding hydrogens is 900 g/mol. The number of halogens is 7. The second-order valence-electron chi connectivity index (χ2n) is 17.2. The molecule has 7 aromatic rings. The predicted octanol–water partition coefficient (Wildman–Crippen LogP) is 9.01. The van der Waals surface area contributed by atoms with Gasteiger partial charge in [0.1, 0.15) is 29.7 Å². The van der Waals surface area contributed by atoms with Gasteiger partial charge in [-0.05, 0) is 104 Å². The summed E-state index contributed by atoms with van der Waals surface area (Å²) in [6, 6.07) is 16.1. The van der Waals surface area contributed by atoms with E-state index in [9.17, 15) is 31.5 Å². The summed E-state index contributed by atoms with van der Waals surface area (Å²) < 4.78 is 105. The summed E-state index contributed by atoms with van der Waals surface area (Å²) in [6.07, 6.45) is -1.24. The van der Waals surface area contributed by atoms with Gasteiger partial charge in [0.15, 0.2) is 16.3 Å². The van der Waals surface area contributed by atoms with E-state index in [-0.39, 0.29) is 48.1 Å². The number of carbonyl (C=O) groups excluding carboxylic acids is 2. The van der Waals surface area contributed by atoms with Crippen LogP contribution in [0.5, 0.6) is 0 Å². The molecule has 4 N–H and O–H groups in total. The molecule has 1 unspecified atom stereocenters. The number of thiazole rings is 1. The lowest BCUT2D eigenvalue weighted by Crippen LogP contribution is -2.36. The van der Waals surface area contributed by atoms with Crippen LogP contribution in [0.1, 0.15) is 104 Å². The number of nitrogens with one attached hydrogen (secondary N) is 4. The number of hydrogen-bond acceptors (Lipinski definition) is 8. The van der Waals surface area contributed by atoms with Crippen LogP contribution >= 0.6 is 11.3 Å². The summed E-state index contributed by atoms with van der Waals surface area (Å²) in [4.78, 5) is 44.5. The zero-order valence-electron chi connectivity index (χ0n) is 35.0. The Morgan fingerprint density at radius 3 is 2.46 bits per heavy atom. The maximum absolute atomic E-state index is 15.7. The van der Waals surface area contributed by atoms with Crippen molar-refractivity contribution >= 4 is 33.5 Å². The Hall–Kier alpha value is -6.91. The fourth-order valence-corrected chi connectivity index (χ4v) is 10.6. The number of aromatic nitrogens is 6. The van der Waals surface area contributed by atoms with Gasteiger partial charge in [-0.25, -0.2) is 23.7 Å². The number of aromatic amines is 1. The molecule has 0 radical (unpaired) electrons. The van der Waals surface area contributed by atoms with E-state index in [2.05, 4.69) is 42.9 Å². The number of rotatable bonds is 9. The van der Waals surface area contributed by atoms with Crippen molar-refractivity contribution in [1.29, 1.82) is 0 Å². The van der Waals surface area contributed by atoms with Gasteiger partial charge in [-0.2, -0.15) is 27.1 Å². The molecule has 67 heavy (non-hydrogen) atoms. The van der Waals surface area contributed by atoms with Crippen LogP contribution < -0.4 is 16.0 Å². The number of carbonyl (C=O) groups is 2. The molecule has 19 heteroatoms. The van der Waals surface area contributed by atoms with E-state index < -0.39 is 71.0 Å². The van der Waals surface area contributed by atoms with Crippen molar-refractivity contribution in [2.45, 2.75) is 75.3 Å². The molecule has 11 rings (SSSR count). The van der Waals surface area contributed by atoms with Crippen molar-refractivity contribution in [3.8, 4) is 34.2 Å². The van der Waals surface area contributed by atoms with Crippen LogP contribution in [0.15, 0.2) is 72.9 Å². The van der Waals surface area contributed by atoms with Crippen LogP contribution in [-0.2, 0) is 36.4 Å². The average Bonchev–Trinajstić information content (AvgIpc) is 4.13. The lowest BCUT2D eigenvalue weighted by atomic mass is 9.73. The van der Waals surface area contributed by atoms with Gasteiger partial charge < -0.3 is 20.9 Å². The first kappa shape index (κ1) is 42.7. The zero-order chi connectivity index (χ0) is 46.4. The lowest BCUT2D eigenvalue weighted by Gasteiger charge is -2.34. The first-order chi connectivity index (χ1) is 32.2. The number of benzene rings is 3. The molecule has 2 aliphatic heterocycles. The van der Waals surface area contributed by atoms with E-state index >= 15 is 8.78 Å². The summed E-state index contributed by atoms with van der Waals surface area (Å²) in [5.41, 5.74) is 1.76. The first-order valence-electron chi connectivity index (χ1n) is 21.6. The van der Waals surface area contributed by atoms with Crippen LogP contribution in [0.4, 0.5) is 30.7 Å². The molecule has 2 aliphatic carbocycles. The number of H-pyrrole nitrogens is 1. The van der Waals surface area contributed by atoms with Gasteiger partial charge >= 0.3 is 6.18 Å². The molecule has 4 atom stereocenters. The Morgan fingerprint density at radius 2 is 1.73 bits per heavy atom. The van der Waals surface area contributed by atoms with Crippen molar-refractivity contribution < 1.29 is 40.3 Å². The highest BCUT2D eigenvalue weighted by molar-refractivity contribution is 7.19. The number of alkyl halides is 5. The van der Waals surface area contributed by atoms with E-state index in [0.717, 1.165) is 54.2 Å². The Morgan fingerprint density at radius 1 is 0.940 bits per heavy atom. The van der Waals surface area contributed by atoms with Crippen LogP contribution in [0.2, 0.25) is 0 Å². The highest BCUT2D eigenvalue weighted by atomic mass is 32.1.